The number of carboxylic acids is 1. The number of nitriles is 1. The van der Waals surface area contributed by atoms with Crippen molar-refractivity contribution in [3.8, 4) is 23.3 Å². The standard InChI is InChI=1S/C60H84N6O11S/c1-34(41-17-18-42-52-43(22-24-60(41,42)8)59(7)23-21-39(67)29-38(59)30-46(52)68)15-20-49(70)63-45(56(74)75)13-10-11-25-62-48(69)14-12-26-66(57(76)77-40-16-19-44-47(31-40)78-50(33-61)64-44)28-27-65(9)51(71)32-58(5,6)53-37(4)54(72)35(2)36(3)55(53)73/h16,19,31,34,38-39,41-43,45-46,52,67-68,72-73H,3-4,10-15,17-18,20-30,32H2,1-2,5-9H3,(H,62,69)(H,63,70)(H,74,75). The van der Waals surface area contributed by atoms with E-state index in [0.29, 0.717) is 64.3 Å². The molecule has 0 spiro atoms. The summed E-state index contributed by atoms with van der Waals surface area (Å²) in [6.07, 6.45) is 8.69. The number of carboxylic acid groups (broad SMARTS) is 1. The highest BCUT2D eigenvalue weighted by molar-refractivity contribution is 7.19. The number of aromatic hydroxyl groups is 2. The zero-order valence-electron chi connectivity index (χ0n) is 46.9. The third-order valence-corrected chi connectivity index (χ3v) is 20.1. The van der Waals surface area contributed by atoms with Gasteiger partial charge in [-0.15, -0.1) is 11.3 Å². The largest absolute Gasteiger partial charge is 0.507 e. The fourth-order valence-corrected chi connectivity index (χ4v) is 15.4. The number of likely N-dealkylation sites (N-methyl/N-ethyl adjacent to an activating group) is 1. The van der Waals surface area contributed by atoms with Gasteiger partial charge in [0.25, 0.3) is 0 Å². The summed E-state index contributed by atoms with van der Waals surface area (Å²) in [7, 11) is 1.59. The van der Waals surface area contributed by atoms with Gasteiger partial charge < -0.3 is 50.7 Å². The molecule has 3 aromatic rings. The lowest BCUT2D eigenvalue weighted by Gasteiger charge is -2.62. The minimum atomic E-state index is -1.11. The first kappa shape index (κ1) is 59.9. The van der Waals surface area contributed by atoms with Crippen LogP contribution in [0.2, 0.25) is 0 Å². The average Bonchev–Trinajstić information content (AvgIpc) is 4.16. The number of phenolic OH excluding ortho intramolecular Hbond substituents is 2. The van der Waals surface area contributed by atoms with E-state index in [1.54, 1.807) is 46.0 Å². The Kier molecular flexibility index (Phi) is 19.0. The van der Waals surface area contributed by atoms with E-state index in [2.05, 4.69) is 49.5 Å². The molecular weight excluding hydrogens is 1010 g/mol. The number of aromatic nitrogens is 1. The number of phenols is 2. The van der Waals surface area contributed by atoms with Gasteiger partial charge in [0.15, 0.2) is 5.01 Å². The van der Waals surface area contributed by atoms with Gasteiger partial charge in [-0.25, -0.2) is 14.6 Å². The molecule has 0 radical (unpaired) electrons. The van der Waals surface area contributed by atoms with Crippen molar-refractivity contribution in [3.63, 3.8) is 0 Å². The maximum absolute atomic E-state index is 13.7. The number of nitrogens with zero attached hydrogens (tertiary/aromatic N) is 4. The Morgan fingerprint density at radius 2 is 1.64 bits per heavy atom. The quantitative estimate of drug-likeness (QED) is 0.0383. The van der Waals surface area contributed by atoms with Crippen LogP contribution in [0.1, 0.15) is 153 Å². The van der Waals surface area contributed by atoms with Crippen molar-refractivity contribution >= 4 is 64.5 Å². The van der Waals surface area contributed by atoms with Crippen LogP contribution in [-0.2, 0) is 24.6 Å². The number of carbonyl (C=O) groups excluding carboxylic acids is 4. The Morgan fingerprint density at radius 3 is 2.36 bits per heavy atom. The number of hydrogen-bond donors (Lipinski definition) is 7. The molecule has 17 nitrogen and oxygen atoms in total. The molecular formula is C60H84N6O11S. The molecule has 426 valence electrons. The summed E-state index contributed by atoms with van der Waals surface area (Å²) >= 11 is 1.16. The summed E-state index contributed by atoms with van der Waals surface area (Å²) in [5, 5.41) is 69.5. The Bertz CT molecular complexity index is 2870. The van der Waals surface area contributed by atoms with Crippen LogP contribution in [0.25, 0.3) is 23.4 Å². The van der Waals surface area contributed by atoms with Crippen LogP contribution in [0.15, 0.2) is 18.2 Å². The van der Waals surface area contributed by atoms with Crippen LogP contribution in [0.5, 0.6) is 17.2 Å². The summed E-state index contributed by atoms with van der Waals surface area (Å²) in [4.78, 5) is 73.1. The van der Waals surface area contributed by atoms with Gasteiger partial charge in [0.05, 0.1) is 22.4 Å². The van der Waals surface area contributed by atoms with Crippen LogP contribution >= 0.6 is 11.3 Å². The van der Waals surface area contributed by atoms with E-state index in [4.69, 9.17) is 4.74 Å². The lowest BCUT2D eigenvalue weighted by Crippen LogP contribution is -2.58. The Morgan fingerprint density at radius 1 is 0.923 bits per heavy atom. The second-order valence-corrected chi connectivity index (χ2v) is 25.6. The van der Waals surface area contributed by atoms with Gasteiger partial charge in [-0.05, 0) is 149 Å². The summed E-state index contributed by atoms with van der Waals surface area (Å²) in [5.41, 5.74) is 0.564. The molecule has 0 saturated heterocycles. The normalized spacial score (nSPS) is 26.3. The van der Waals surface area contributed by atoms with Gasteiger partial charge in [-0.1, -0.05) is 47.8 Å². The average molecular weight is 1100 g/mol. The molecule has 7 N–H and O–H groups in total. The van der Waals surface area contributed by atoms with Crippen molar-refractivity contribution in [1.29, 1.82) is 5.26 Å². The monoisotopic (exact) mass is 1100 g/mol. The van der Waals surface area contributed by atoms with Crippen LogP contribution in [0, 0.1) is 64.6 Å². The number of unbranched alkanes of at least 4 members (excludes halogenated alkanes) is 1. The second-order valence-electron chi connectivity index (χ2n) is 24.5. The third kappa shape index (κ3) is 12.9. The number of carbonyl (C=O) groups is 5. The molecule has 7 rings (SSSR count). The van der Waals surface area contributed by atoms with E-state index >= 15 is 0 Å². The smallest absolute Gasteiger partial charge is 0.415 e. The molecule has 4 fully saturated rings. The number of amides is 4. The molecule has 1 aromatic heterocycles. The summed E-state index contributed by atoms with van der Waals surface area (Å²) < 4.78 is 6.42. The number of benzene rings is 2. The summed E-state index contributed by atoms with van der Waals surface area (Å²) in [5.74, 6) is 0.221. The van der Waals surface area contributed by atoms with Gasteiger partial charge in [0.1, 0.15) is 29.4 Å². The van der Waals surface area contributed by atoms with Gasteiger partial charge in [0, 0.05) is 85.5 Å². The molecule has 11 unspecified atom stereocenters. The van der Waals surface area contributed by atoms with Crippen molar-refractivity contribution in [2.75, 3.05) is 33.2 Å². The number of ether oxygens (including phenoxy) is 1. The molecule has 11 atom stereocenters. The predicted octanol–water partition coefficient (Wildman–Crippen LogP) is 7.38. The number of aliphatic hydroxyl groups is 2. The summed E-state index contributed by atoms with van der Waals surface area (Å²) in [6, 6.07) is 5.80. The number of nitrogens with one attached hydrogen (secondary N) is 2. The van der Waals surface area contributed by atoms with Crippen LogP contribution in [0.3, 0.4) is 0 Å². The molecule has 78 heavy (non-hydrogen) atoms. The number of fused-ring (bicyclic) bond motifs is 6. The Labute approximate surface area is 463 Å². The van der Waals surface area contributed by atoms with Crippen LogP contribution < -0.4 is 25.8 Å². The van der Waals surface area contributed by atoms with Gasteiger partial charge in [-0.2, -0.15) is 5.26 Å². The Hall–Kier alpha value is -5.77. The molecule has 0 bridgehead atoms. The van der Waals surface area contributed by atoms with E-state index in [9.17, 15) is 54.8 Å². The van der Waals surface area contributed by atoms with E-state index in [1.807, 2.05) is 6.07 Å². The van der Waals surface area contributed by atoms with E-state index in [1.165, 1.54) is 9.80 Å². The summed E-state index contributed by atoms with van der Waals surface area (Å²) in [6.45, 7) is 20.6. The van der Waals surface area contributed by atoms with Crippen molar-refractivity contribution in [2.45, 2.75) is 168 Å². The first-order valence-corrected chi connectivity index (χ1v) is 29.0. The SMILES string of the molecule is C=c1c(C)c(O)c(=C)c(C(C)(C)CC(=O)N(C)CCN(CCCC(=O)NCCCCC(NC(=O)CCC(C)C2CCC3C4C(O)CC5CC(O)CCC5(C)C4CCC23C)C(=O)O)C(=O)Oc2ccc3nc(C#N)sc3c2)c1O. The predicted molar refractivity (Wildman–Crippen MR) is 299 cm³/mol. The minimum absolute atomic E-state index is 0.0474. The molecule has 1 heterocycles. The lowest BCUT2D eigenvalue weighted by atomic mass is 9.43. The maximum Gasteiger partial charge on any atom is 0.415 e. The van der Waals surface area contributed by atoms with E-state index in [-0.39, 0.29) is 144 Å². The van der Waals surface area contributed by atoms with Crippen molar-refractivity contribution in [2.24, 2.45) is 46.3 Å². The fourth-order valence-electron chi connectivity index (χ4n) is 14.6. The number of rotatable bonds is 22. The number of hydrogen-bond acceptors (Lipinski definition) is 13. The highest BCUT2D eigenvalue weighted by Crippen LogP contribution is 2.68. The first-order chi connectivity index (χ1) is 36.8. The first-order valence-electron chi connectivity index (χ1n) is 28.2. The van der Waals surface area contributed by atoms with Gasteiger partial charge >= 0.3 is 12.1 Å². The minimum Gasteiger partial charge on any atom is -0.507 e. The van der Waals surface area contributed by atoms with Crippen LogP contribution in [0.4, 0.5) is 4.79 Å². The third-order valence-electron chi connectivity index (χ3n) is 19.2. The molecule has 4 saturated carbocycles. The molecule has 18 heteroatoms. The van der Waals surface area contributed by atoms with E-state index < -0.39 is 23.5 Å². The van der Waals surface area contributed by atoms with Gasteiger partial charge in [0.2, 0.25) is 17.7 Å². The fraction of sp³-hybridized carbons (Fsp3) is 0.650. The zero-order chi connectivity index (χ0) is 57.0. The molecule has 0 aliphatic heterocycles. The molecule has 4 aliphatic carbocycles. The highest BCUT2D eigenvalue weighted by Gasteiger charge is 2.63. The Balaban J connectivity index is 0.853. The van der Waals surface area contributed by atoms with Crippen LogP contribution in [-0.4, -0.2) is 122 Å². The highest BCUT2D eigenvalue weighted by atomic mass is 32.1. The van der Waals surface area contributed by atoms with Crippen molar-refractivity contribution in [3.05, 3.63) is 44.8 Å². The number of aliphatic carboxylic acids is 1. The van der Waals surface area contributed by atoms with Gasteiger partial charge in [-0.3, -0.25) is 14.4 Å². The number of thiazole rings is 1. The molecule has 4 aliphatic rings. The second kappa shape index (κ2) is 24.7. The number of aliphatic hydroxyl groups excluding tert-OH is 2. The molecule has 4 amide bonds. The van der Waals surface area contributed by atoms with E-state index in [0.717, 1.165) is 62.7 Å². The lowest BCUT2D eigenvalue weighted by molar-refractivity contribution is -0.174. The van der Waals surface area contributed by atoms with Crippen molar-refractivity contribution < 1.29 is 54.2 Å². The maximum atomic E-state index is 13.7. The van der Waals surface area contributed by atoms with Crippen molar-refractivity contribution in [1.82, 2.24) is 25.4 Å². The molecule has 2 aromatic carbocycles. The topological polar surface area (TPSA) is 263 Å². The zero-order valence-corrected chi connectivity index (χ0v) is 47.7.